The molecule has 0 aliphatic rings. The van der Waals surface area contributed by atoms with Gasteiger partial charge in [-0.25, -0.2) is 0 Å². The maximum Gasteiger partial charge on any atom is 0.448 e. The van der Waals surface area contributed by atoms with Gasteiger partial charge in [0.15, 0.2) is 0 Å². The van der Waals surface area contributed by atoms with Gasteiger partial charge in [0, 0.05) is 13.2 Å². The summed E-state index contributed by atoms with van der Waals surface area (Å²) in [4.78, 5) is 11.2. The van der Waals surface area contributed by atoms with Gasteiger partial charge in [-0.3, -0.25) is 4.79 Å². The highest BCUT2D eigenvalue weighted by molar-refractivity contribution is 5.17. The van der Waals surface area contributed by atoms with Crippen LogP contribution in [0, 0.1) is 0 Å². The van der Waals surface area contributed by atoms with Crippen molar-refractivity contribution in [2.24, 2.45) is 7.05 Å². The minimum atomic E-state index is -5.32. The molecule has 0 saturated carbocycles. The van der Waals surface area contributed by atoms with E-state index < -0.39 is 23.1 Å². The molecule has 0 atom stereocenters. The third kappa shape index (κ3) is 1.88. The fourth-order valence-electron chi connectivity index (χ4n) is 1.02. The molecule has 0 saturated heterocycles. The number of aromatic nitrogens is 1. The van der Waals surface area contributed by atoms with Crippen LogP contribution in [0.4, 0.5) is 13.2 Å². The van der Waals surface area contributed by atoms with Gasteiger partial charge in [0.05, 0.1) is 5.56 Å². The molecule has 1 aromatic heterocycles. The number of pyridine rings is 1. The zero-order valence-electron chi connectivity index (χ0n) is 7.62. The van der Waals surface area contributed by atoms with E-state index in [9.17, 15) is 18.0 Å². The Labute approximate surface area is 82.2 Å². The van der Waals surface area contributed by atoms with Crippen molar-refractivity contribution in [2.75, 3.05) is 0 Å². The Morgan fingerprint density at radius 2 is 1.87 bits per heavy atom. The zero-order chi connectivity index (χ0) is 11.9. The first-order chi connectivity index (χ1) is 6.68. The van der Waals surface area contributed by atoms with Crippen molar-refractivity contribution in [2.45, 2.75) is 12.0 Å². The first-order valence-corrected chi connectivity index (χ1v) is 3.85. The number of hydrogen-bond donors (Lipinski definition) is 2. The lowest BCUT2D eigenvalue weighted by Crippen LogP contribution is -2.46. The fourth-order valence-corrected chi connectivity index (χ4v) is 1.02. The van der Waals surface area contributed by atoms with Crippen LogP contribution >= 0.6 is 0 Å². The normalized spacial score (nSPS) is 12.9. The number of alkyl halides is 3. The zero-order valence-corrected chi connectivity index (χ0v) is 7.62. The second-order valence-corrected chi connectivity index (χ2v) is 3.01. The molecule has 0 bridgehead atoms. The molecule has 0 aromatic carbocycles. The Morgan fingerprint density at radius 1 is 1.33 bits per heavy atom. The van der Waals surface area contributed by atoms with Crippen molar-refractivity contribution in [1.29, 1.82) is 0 Å². The van der Waals surface area contributed by atoms with Crippen LogP contribution in [-0.2, 0) is 12.8 Å². The van der Waals surface area contributed by atoms with E-state index in [1.807, 2.05) is 0 Å². The van der Waals surface area contributed by atoms with Crippen molar-refractivity contribution in [1.82, 2.24) is 4.57 Å². The molecule has 0 aliphatic carbocycles. The van der Waals surface area contributed by atoms with Crippen molar-refractivity contribution < 1.29 is 23.4 Å². The van der Waals surface area contributed by atoms with Gasteiger partial charge in [-0.15, -0.1) is 0 Å². The van der Waals surface area contributed by atoms with Crippen LogP contribution in [0.15, 0.2) is 23.1 Å². The van der Waals surface area contributed by atoms with Gasteiger partial charge in [0.1, 0.15) is 0 Å². The number of hydrogen-bond acceptors (Lipinski definition) is 3. The van der Waals surface area contributed by atoms with Gasteiger partial charge >= 0.3 is 6.18 Å². The second kappa shape index (κ2) is 3.35. The lowest BCUT2D eigenvalue weighted by Gasteiger charge is -2.24. The molecule has 4 nitrogen and oxygen atoms in total. The topological polar surface area (TPSA) is 62.5 Å². The molecule has 0 unspecified atom stereocenters. The maximum atomic E-state index is 12.2. The maximum absolute atomic E-state index is 12.2. The Kier molecular flexibility index (Phi) is 2.62. The van der Waals surface area contributed by atoms with E-state index in [2.05, 4.69) is 0 Å². The molecule has 1 rings (SSSR count). The summed E-state index contributed by atoms with van der Waals surface area (Å²) in [6.45, 7) is 0. The Balaban J connectivity index is 3.41. The Morgan fingerprint density at radius 3 is 2.33 bits per heavy atom. The van der Waals surface area contributed by atoms with Gasteiger partial charge in [-0.05, 0) is 12.1 Å². The molecule has 0 amide bonds. The predicted octanol–water partition coefficient (Wildman–Crippen LogP) is 0.0850. The van der Waals surface area contributed by atoms with Crippen molar-refractivity contribution in [3.8, 4) is 0 Å². The van der Waals surface area contributed by atoms with Gasteiger partial charge < -0.3 is 14.8 Å². The van der Waals surface area contributed by atoms with Gasteiger partial charge in [-0.2, -0.15) is 13.2 Å². The standard InChI is InChI=1S/C8H8F3NO3/c1-12-4-2-3-5(6(12)13)7(14,15)8(9,10)11/h2-4,14-15H,1H3. The second-order valence-electron chi connectivity index (χ2n) is 3.01. The molecule has 1 heterocycles. The highest BCUT2D eigenvalue weighted by atomic mass is 19.4. The van der Waals surface area contributed by atoms with Crippen LogP contribution in [0.3, 0.4) is 0 Å². The molecule has 0 aliphatic heterocycles. The van der Waals surface area contributed by atoms with Crippen LogP contribution in [0.5, 0.6) is 0 Å². The molecule has 0 radical (unpaired) electrons. The fraction of sp³-hybridized carbons (Fsp3) is 0.375. The third-order valence-corrected chi connectivity index (χ3v) is 1.89. The Bertz CT molecular complexity index is 422. The van der Waals surface area contributed by atoms with Crippen molar-refractivity contribution in [3.05, 3.63) is 34.2 Å². The molecular formula is C8H8F3NO3. The summed E-state index contributed by atoms with van der Waals surface area (Å²) in [6.07, 6.45) is -4.11. The van der Waals surface area contributed by atoms with Crippen molar-refractivity contribution >= 4 is 0 Å². The van der Waals surface area contributed by atoms with Crippen LogP contribution in [-0.4, -0.2) is 21.0 Å². The molecule has 15 heavy (non-hydrogen) atoms. The highest BCUT2D eigenvalue weighted by Crippen LogP contribution is 2.34. The first kappa shape index (κ1) is 11.7. The van der Waals surface area contributed by atoms with E-state index in [4.69, 9.17) is 10.2 Å². The Hall–Kier alpha value is -1.34. The summed E-state index contributed by atoms with van der Waals surface area (Å²) >= 11 is 0. The predicted molar refractivity (Wildman–Crippen MR) is 43.9 cm³/mol. The lowest BCUT2D eigenvalue weighted by molar-refractivity contribution is -0.358. The summed E-state index contributed by atoms with van der Waals surface area (Å²) in [6, 6.07) is 1.83. The van der Waals surface area contributed by atoms with E-state index in [0.29, 0.717) is 0 Å². The average molecular weight is 223 g/mol. The summed E-state index contributed by atoms with van der Waals surface area (Å²) in [5.41, 5.74) is -2.24. The highest BCUT2D eigenvalue weighted by Gasteiger charge is 2.55. The monoisotopic (exact) mass is 223 g/mol. The van der Waals surface area contributed by atoms with E-state index in [-0.39, 0.29) is 0 Å². The SMILES string of the molecule is Cn1cccc(C(O)(O)C(F)(F)F)c1=O. The molecule has 84 valence electrons. The minimum Gasteiger partial charge on any atom is -0.355 e. The minimum absolute atomic E-state index is 0.718. The third-order valence-electron chi connectivity index (χ3n) is 1.89. The largest absolute Gasteiger partial charge is 0.448 e. The summed E-state index contributed by atoms with van der Waals surface area (Å²) in [5.74, 6) is -4.12. The summed E-state index contributed by atoms with van der Waals surface area (Å²) < 4.78 is 37.4. The summed E-state index contributed by atoms with van der Waals surface area (Å²) in [7, 11) is 1.21. The van der Waals surface area contributed by atoms with Gasteiger partial charge in [0.25, 0.3) is 11.3 Å². The molecule has 1 aromatic rings. The average Bonchev–Trinajstić information content (AvgIpc) is 2.07. The van der Waals surface area contributed by atoms with E-state index in [0.717, 1.165) is 16.7 Å². The number of halogens is 3. The molecular weight excluding hydrogens is 215 g/mol. The smallest absolute Gasteiger partial charge is 0.355 e. The lowest BCUT2D eigenvalue weighted by atomic mass is 10.1. The number of aliphatic hydroxyl groups is 2. The number of rotatable bonds is 1. The van der Waals surface area contributed by atoms with Gasteiger partial charge in [0.2, 0.25) is 0 Å². The van der Waals surface area contributed by atoms with Crippen LogP contribution in [0.25, 0.3) is 0 Å². The van der Waals surface area contributed by atoms with E-state index in [1.165, 1.54) is 13.2 Å². The molecule has 0 spiro atoms. The number of aryl methyl sites for hydroxylation is 1. The van der Waals surface area contributed by atoms with Crippen LogP contribution in [0.2, 0.25) is 0 Å². The molecule has 7 heteroatoms. The van der Waals surface area contributed by atoms with Crippen molar-refractivity contribution in [3.63, 3.8) is 0 Å². The van der Waals surface area contributed by atoms with E-state index >= 15 is 0 Å². The number of nitrogens with zero attached hydrogens (tertiary/aromatic N) is 1. The summed E-state index contributed by atoms with van der Waals surface area (Å²) in [5, 5.41) is 17.7. The quantitative estimate of drug-likeness (QED) is 0.663. The first-order valence-electron chi connectivity index (χ1n) is 3.85. The molecule has 0 fully saturated rings. The van der Waals surface area contributed by atoms with E-state index in [1.54, 1.807) is 0 Å². The van der Waals surface area contributed by atoms with Crippen LogP contribution < -0.4 is 5.56 Å². The molecule has 2 N–H and O–H groups in total. The van der Waals surface area contributed by atoms with Gasteiger partial charge in [-0.1, -0.05) is 0 Å². The van der Waals surface area contributed by atoms with Crippen LogP contribution in [0.1, 0.15) is 5.56 Å².